The van der Waals surface area contributed by atoms with Gasteiger partial charge in [-0.3, -0.25) is 14.6 Å². The third-order valence-electron chi connectivity index (χ3n) is 3.02. The van der Waals surface area contributed by atoms with E-state index in [-0.39, 0.29) is 0 Å². The predicted octanol–water partition coefficient (Wildman–Crippen LogP) is 1.50. The molecular formula is C14H10N2O4S. The highest BCUT2D eigenvalue weighted by atomic mass is 32.1. The van der Waals surface area contributed by atoms with Gasteiger partial charge in [0.05, 0.1) is 5.39 Å². The van der Waals surface area contributed by atoms with Gasteiger partial charge in [0.1, 0.15) is 11.4 Å². The standard InChI is InChI=1S/C14H10N2O4S/c17-11(18)7-16-13(19)9-6-10(8-4-2-1-3-5-8)21-12(9)15-14(16)20/h1-6H,7H2,(H,15,20)(H,17,18). The number of hydrogen-bond acceptors (Lipinski definition) is 4. The van der Waals surface area contributed by atoms with E-state index in [0.29, 0.717) is 14.8 Å². The molecular weight excluding hydrogens is 292 g/mol. The van der Waals surface area contributed by atoms with E-state index in [1.165, 1.54) is 11.3 Å². The van der Waals surface area contributed by atoms with Crippen molar-refractivity contribution < 1.29 is 9.90 Å². The predicted molar refractivity (Wildman–Crippen MR) is 79.8 cm³/mol. The van der Waals surface area contributed by atoms with Crippen molar-refractivity contribution in [2.45, 2.75) is 6.54 Å². The first-order chi connectivity index (χ1) is 10.1. The second-order valence-corrected chi connectivity index (χ2v) is 5.49. The minimum absolute atomic E-state index is 0.319. The molecule has 2 N–H and O–H groups in total. The fourth-order valence-electron chi connectivity index (χ4n) is 2.07. The SMILES string of the molecule is O=C(O)Cn1c(=O)[nH]c2sc(-c3ccccc3)cc2c1=O. The highest BCUT2D eigenvalue weighted by Gasteiger charge is 2.13. The molecule has 21 heavy (non-hydrogen) atoms. The van der Waals surface area contributed by atoms with Crippen LogP contribution in [0.15, 0.2) is 46.0 Å². The number of nitrogens with one attached hydrogen (secondary N) is 1. The monoisotopic (exact) mass is 302 g/mol. The van der Waals surface area contributed by atoms with Gasteiger partial charge in [-0.25, -0.2) is 9.36 Å². The molecule has 0 aliphatic carbocycles. The van der Waals surface area contributed by atoms with E-state index < -0.39 is 23.8 Å². The summed E-state index contributed by atoms with van der Waals surface area (Å²) < 4.78 is 0.687. The summed E-state index contributed by atoms with van der Waals surface area (Å²) in [6, 6.07) is 11.1. The molecule has 3 aromatic rings. The van der Waals surface area contributed by atoms with Crippen molar-refractivity contribution in [3.05, 3.63) is 57.2 Å². The van der Waals surface area contributed by atoms with Crippen molar-refractivity contribution in [3.8, 4) is 10.4 Å². The molecule has 0 atom stereocenters. The average molecular weight is 302 g/mol. The number of aliphatic carboxylic acids is 1. The van der Waals surface area contributed by atoms with Crippen LogP contribution in [-0.2, 0) is 11.3 Å². The Hall–Kier alpha value is -2.67. The molecule has 2 aromatic heterocycles. The van der Waals surface area contributed by atoms with Gasteiger partial charge in [0.2, 0.25) is 0 Å². The Morgan fingerprint density at radius 2 is 1.95 bits per heavy atom. The zero-order valence-corrected chi connectivity index (χ0v) is 11.5. The van der Waals surface area contributed by atoms with E-state index in [9.17, 15) is 14.4 Å². The number of aromatic amines is 1. The topological polar surface area (TPSA) is 92.2 Å². The zero-order valence-electron chi connectivity index (χ0n) is 10.7. The molecule has 0 radical (unpaired) electrons. The van der Waals surface area contributed by atoms with Gasteiger partial charge >= 0.3 is 11.7 Å². The van der Waals surface area contributed by atoms with Crippen LogP contribution < -0.4 is 11.2 Å². The summed E-state index contributed by atoms with van der Waals surface area (Å²) in [6.45, 7) is -0.652. The van der Waals surface area contributed by atoms with Gasteiger partial charge in [-0.1, -0.05) is 30.3 Å². The molecule has 0 aliphatic heterocycles. The fraction of sp³-hybridized carbons (Fsp3) is 0.0714. The molecule has 6 nitrogen and oxygen atoms in total. The van der Waals surface area contributed by atoms with E-state index in [1.807, 2.05) is 30.3 Å². The first-order valence-corrected chi connectivity index (χ1v) is 6.92. The van der Waals surface area contributed by atoms with Crippen LogP contribution in [0, 0.1) is 0 Å². The molecule has 0 spiro atoms. The largest absolute Gasteiger partial charge is 0.480 e. The Balaban J connectivity index is 2.23. The van der Waals surface area contributed by atoms with E-state index in [4.69, 9.17) is 5.11 Å². The van der Waals surface area contributed by atoms with Gasteiger partial charge in [0.15, 0.2) is 0 Å². The molecule has 2 heterocycles. The lowest BCUT2D eigenvalue weighted by Gasteiger charge is -1.99. The van der Waals surface area contributed by atoms with Crippen LogP contribution in [0.5, 0.6) is 0 Å². The summed E-state index contributed by atoms with van der Waals surface area (Å²) >= 11 is 1.29. The minimum atomic E-state index is -1.24. The van der Waals surface area contributed by atoms with Crippen molar-refractivity contribution >= 4 is 27.5 Å². The number of carboxylic acids is 1. The van der Waals surface area contributed by atoms with E-state index >= 15 is 0 Å². The number of aromatic nitrogens is 2. The van der Waals surface area contributed by atoms with Crippen molar-refractivity contribution in [1.82, 2.24) is 9.55 Å². The van der Waals surface area contributed by atoms with Gasteiger partial charge in [0, 0.05) is 4.88 Å². The molecule has 1 aromatic carbocycles. The fourth-order valence-corrected chi connectivity index (χ4v) is 3.11. The highest BCUT2D eigenvalue weighted by molar-refractivity contribution is 7.21. The summed E-state index contributed by atoms with van der Waals surface area (Å²) in [4.78, 5) is 38.6. The van der Waals surface area contributed by atoms with E-state index in [1.54, 1.807) is 6.07 Å². The quantitative estimate of drug-likeness (QED) is 0.767. The third-order valence-corrected chi connectivity index (χ3v) is 4.12. The summed E-state index contributed by atoms with van der Waals surface area (Å²) in [7, 11) is 0. The lowest BCUT2D eigenvalue weighted by molar-refractivity contribution is -0.137. The number of nitrogens with zero attached hydrogens (tertiary/aromatic N) is 1. The molecule has 0 amide bonds. The zero-order chi connectivity index (χ0) is 15.0. The second-order valence-electron chi connectivity index (χ2n) is 4.43. The maximum Gasteiger partial charge on any atom is 0.329 e. The normalized spacial score (nSPS) is 10.9. The van der Waals surface area contributed by atoms with Gasteiger partial charge in [-0.05, 0) is 11.6 Å². The summed E-state index contributed by atoms with van der Waals surface area (Å²) in [5.74, 6) is -1.24. The Labute approximate surface area is 121 Å². The van der Waals surface area contributed by atoms with Crippen molar-refractivity contribution in [3.63, 3.8) is 0 Å². The third kappa shape index (κ3) is 2.38. The van der Waals surface area contributed by atoms with Crippen LogP contribution in [0.4, 0.5) is 0 Å². The lowest BCUT2D eigenvalue weighted by Crippen LogP contribution is -2.36. The van der Waals surface area contributed by atoms with Crippen LogP contribution in [0.1, 0.15) is 0 Å². The van der Waals surface area contributed by atoms with Crippen LogP contribution in [0.25, 0.3) is 20.7 Å². The number of thiophene rings is 1. The Kier molecular flexibility index (Phi) is 3.19. The molecule has 0 saturated carbocycles. The van der Waals surface area contributed by atoms with Crippen LogP contribution in [0.2, 0.25) is 0 Å². The molecule has 0 unspecified atom stereocenters. The number of carbonyl (C=O) groups is 1. The summed E-state index contributed by atoms with van der Waals surface area (Å²) in [6.07, 6.45) is 0. The minimum Gasteiger partial charge on any atom is -0.480 e. The first kappa shape index (κ1) is 13.3. The van der Waals surface area contributed by atoms with Crippen LogP contribution in [0.3, 0.4) is 0 Å². The summed E-state index contributed by atoms with van der Waals surface area (Å²) in [5, 5.41) is 9.08. The number of fused-ring (bicyclic) bond motifs is 1. The lowest BCUT2D eigenvalue weighted by atomic mass is 10.2. The molecule has 3 rings (SSSR count). The number of hydrogen-bond donors (Lipinski definition) is 2. The van der Waals surface area contributed by atoms with Crippen molar-refractivity contribution in [2.75, 3.05) is 0 Å². The molecule has 0 aliphatic rings. The Bertz CT molecular complexity index is 937. The molecule has 0 saturated heterocycles. The molecule has 0 bridgehead atoms. The van der Waals surface area contributed by atoms with E-state index in [2.05, 4.69) is 4.98 Å². The molecule has 7 heteroatoms. The van der Waals surface area contributed by atoms with Gasteiger partial charge in [0.25, 0.3) is 5.56 Å². The second kappa shape index (κ2) is 5.02. The number of carboxylic acid groups (broad SMARTS) is 1. The Morgan fingerprint density at radius 3 is 2.62 bits per heavy atom. The number of rotatable bonds is 3. The van der Waals surface area contributed by atoms with Crippen molar-refractivity contribution in [2.24, 2.45) is 0 Å². The average Bonchev–Trinajstić information content (AvgIpc) is 2.88. The maximum atomic E-state index is 12.2. The number of H-pyrrole nitrogens is 1. The first-order valence-electron chi connectivity index (χ1n) is 6.10. The number of benzene rings is 1. The smallest absolute Gasteiger partial charge is 0.329 e. The maximum absolute atomic E-state index is 12.2. The Morgan fingerprint density at radius 1 is 1.24 bits per heavy atom. The van der Waals surface area contributed by atoms with Gasteiger partial charge < -0.3 is 5.11 Å². The molecule has 106 valence electrons. The van der Waals surface area contributed by atoms with E-state index in [0.717, 1.165) is 10.4 Å². The van der Waals surface area contributed by atoms with Gasteiger partial charge in [-0.2, -0.15) is 0 Å². The highest BCUT2D eigenvalue weighted by Crippen LogP contribution is 2.30. The molecule has 0 fully saturated rings. The van der Waals surface area contributed by atoms with Crippen molar-refractivity contribution in [1.29, 1.82) is 0 Å². The van der Waals surface area contributed by atoms with Crippen LogP contribution in [-0.4, -0.2) is 20.6 Å². The summed E-state index contributed by atoms with van der Waals surface area (Å²) in [5.41, 5.74) is -0.366. The van der Waals surface area contributed by atoms with Gasteiger partial charge in [-0.15, -0.1) is 11.3 Å². The van der Waals surface area contributed by atoms with Crippen LogP contribution >= 0.6 is 11.3 Å².